The summed E-state index contributed by atoms with van der Waals surface area (Å²) in [6, 6.07) is 11.5. The number of Topliss-reactive ketones (excluding diaryl/α,β-unsaturated/α-hetero) is 1. The highest BCUT2D eigenvalue weighted by Crippen LogP contribution is 2.22. The molecule has 8 heteroatoms. The molecule has 0 atom stereocenters. The molecular formula is C15H10BrCl2N3O2. The van der Waals surface area contributed by atoms with Gasteiger partial charge in [-0.05, 0) is 42.5 Å². The SMILES string of the molecule is O=C(C(/C=N/O)=N/Nc1cc(Cl)cc(Cl)c1)c1ccc(Br)cc1. The topological polar surface area (TPSA) is 74.0 Å². The molecule has 0 bridgehead atoms. The van der Waals surface area contributed by atoms with Crippen LogP contribution in [0.5, 0.6) is 0 Å². The van der Waals surface area contributed by atoms with Gasteiger partial charge >= 0.3 is 0 Å². The normalized spacial score (nSPS) is 11.7. The molecule has 2 aromatic carbocycles. The summed E-state index contributed by atoms with van der Waals surface area (Å²) >= 11 is 15.1. The number of carbonyl (C=O) groups is 1. The largest absolute Gasteiger partial charge is 0.411 e. The van der Waals surface area contributed by atoms with Crippen LogP contribution in [0.25, 0.3) is 0 Å². The quantitative estimate of drug-likeness (QED) is 0.317. The van der Waals surface area contributed by atoms with Crippen molar-refractivity contribution in [3.63, 3.8) is 0 Å². The number of carbonyl (C=O) groups excluding carboxylic acids is 1. The van der Waals surface area contributed by atoms with E-state index in [2.05, 4.69) is 31.6 Å². The van der Waals surface area contributed by atoms with Gasteiger partial charge in [-0.1, -0.05) is 44.3 Å². The van der Waals surface area contributed by atoms with Crippen LogP contribution in [0.2, 0.25) is 10.0 Å². The highest BCUT2D eigenvalue weighted by Gasteiger charge is 2.13. The summed E-state index contributed by atoms with van der Waals surface area (Å²) in [5.41, 5.74) is 3.48. The van der Waals surface area contributed by atoms with Gasteiger partial charge < -0.3 is 5.21 Å². The van der Waals surface area contributed by atoms with Crippen molar-refractivity contribution in [1.29, 1.82) is 0 Å². The van der Waals surface area contributed by atoms with Gasteiger partial charge in [-0.3, -0.25) is 10.2 Å². The second kappa shape index (κ2) is 8.10. The maximum Gasteiger partial charge on any atom is 0.214 e. The number of anilines is 1. The molecule has 0 heterocycles. The molecule has 0 aliphatic carbocycles. The minimum absolute atomic E-state index is 0.0779. The zero-order valence-electron chi connectivity index (χ0n) is 11.5. The monoisotopic (exact) mass is 413 g/mol. The van der Waals surface area contributed by atoms with E-state index in [4.69, 9.17) is 28.4 Å². The molecule has 118 valence electrons. The van der Waals surface area contributed by atoms with Crippen LogP contribution in [0.4, 0.5) is 5.69 Å². The average Bonchev–Trinajstić information content (AvgIpc) is 2.50. The van der Waals surface area contributed by atoms with Gasteiger partial charge in [0.15, 0.2) is 5.71 Å². The van der Waals surface area contributed by atoms with Crippen molar-refractivity contribution < 1.29 is 10.0 Å². The zero-order valence-corrected chi connectivity index (χ0v) is 14.6. The number of nitrogens with zero attached hydrogens (tertiary/aromatic N) is 2. The van der Waals surface area contributed by atoms with Gasteiger partial charge in [-0.25, -0.2) is 0 Å². The van der Waals surface area contributed by atoms with E-state index >= 15 is 0 Å². The van der Waals surface area contributed by atoms with Crippen LogP contribution in [-0.4, -0.2) is 22.9 Å². The smallest absolute Gasteiger partial charge is 0.214 e. The molecule has 2 N–H and O–H groups in total. The molecule has 0 fully saturated rings. The summed E-state index contributed by atoms with van der Waals surface area (Å²) < 4.78 is 0.843. The summed E-state index contributed by atoms with van der Waals surface area (Å²) in [4.78, 5) is 12.4. The van der Waals surface area contributed by atoms with Crippen LogP contribution < -0.4 is 5.43 Å². The molecule has 0 amide bonds. The minimum Gasteiger partial charge on any atom is -0.411 e. The lowest BCUT2D eigenvalue weighted by Crippen LogP contribution is -2.17. The Morgan fingerprint density at radius 2 is 1.74 bits per heavy atom. The third-order valence-corrected chi connectivity index (χ3v) is 3.65. The molecule has 0 radical (unpaired) electrons. The highest BCUT2D eigenvalue weighted by atomic mass is 79.9. The van der Waals surface area contributed by atoms with E-state index in [1.54, 1.807) is 42.5 Å². The molecule has 0 aliphatic rings. The van der Waals surface area contributed by atoms with Gasteiger partial charge in [0.05, 0.1) is 11.9 Å². The van der Waals surface area contributed by atoms with Crippen LogP contribution in [0.15, 0.2) is 57.2 Å². The summed E-state index contributed by atoms with van der Waals surface area (Å²) in [7, 11) is 0. The van der Waals surface area contributed by atoms with Crippen LogP contribution in [0.1, 0.15) is 10.4 Å². The summed E-state index contributed by atoms with van der Waals surface area (Å²) in [5, 5.41) is 16.4. The number of hydrogen-bond acceptors (Lipinski definition) is 5. The minimum atomic E-state index is -0.407. The molecule has 2 aromatic rings. The fourth-order valence-corrected chi connectivity index (χ4v) is 2.48. The van der Waals surface area contributed by atoms with Crippen molar-refractivity contribution >= 4 is 62.5 Å². The molecule has 2 rings (SSSR count). The summed E-state index contributed by atoms with van der Waals surface area (Å²) in [6.07, 6.45) is 0.948. The first kappa shape index (κ1) is 17.5. The number of nitrogens with one attached hydrogen (secondary N) is 1. The molecule has 23 heavy (non-hydrogen) atoms. The summed E-state index contributed by atoms with van der Waals surface area (Å²) in [6.45, 7) is 0. The van der Waals surface area contributed by atoms with E-state index in [1.807, 2.05) is 0 Å². The number of oxime groups is 1. The Kier molecular flexibility index (Phi) is 6.15. The Morgan fingerprint density at radius 3 is 2.30 bits per heavy atom. The molecule has 0 aliphatic heterocycles. The van der Waals surface area contributed by atoms with Crippen LogP contribution >= 0.6 is 39.1 Å². The molecule has 0 unspecified atom stereocenters. The number of rotatable bonds is 5. The molecule has 0 saturated heterocycles. The fourth-order valence-electron chi connectivity index (χ4n) is 1.69. The van der Waals surface area contributed by atoms with E-state index in [1.165, 1.54) is 0 Å². The van der Waals surface area contributed by atoms with E-state index in [0.29, 0.717) is 21.3 Å². The van der Waals surface area contributed by atoms with E-state index < -0.39 is 5.78 Å². The first-order valence-electron chi connectivity index (χ1n) is 6.27. The average molecular weight is 415 g/mol. The van der Waals surface area contributed by atoms with Gasteiger partial charge in [-0.15, -0.1) is 0 Å². The standard InChI is InChI=1S/C15H10BrCl2N3O2/c16-10-3-1-9(2-4-10)15(22)14(8-19-23)21-20-13-6-11(17)5-12(18)7-13/h1-8,20,23H/b19-8+,21-14+. The Hall–Kier alpha value is -1.89. The lowest BCUT2D eigenvalue weighted by Gasteiger charge is -2.05. The molecule has 0 spiro atoms. The highest BCUT2D eigenvalue weighted by molar-refractivity contribution is 9.10. The maximum absolute atomic E-state index is 12.4. The summed E-state index contributed by atoms with van der Waals surface area (Å²) in [5.74, 6) is -0.407. The molecular weight excluding hydrogens is 405 g/mol. The molecule has 0 saturated carbocycles. The van der Waals surface area contributed by atoms with Crippen LogP contribution in [-0.2, 0) is 0 Å². The number of hydrazone groups is 1. The fraction of sp³-hybridized carbons (Fsp3) is 0. The lowest BCUT2D eigenvalue weighted by atomic mass is 10.1. The second-order valence-corrected chi connectivity index (χ2v) is 6.14. The van der Waals surface area contributed by atoms with E-state index in [0.717, 1.165) is 10.7 Å². The third kappa shape index (κ3) is 5.06. The van der Waals surface area contributed by atoms with Gasteiger partial charge in [0.1, 0.15) is 0 Å². The number of hydrogen-bond donors (Lipinski definition) is 2. The van der Waals surface area contributed by atoms with E-state index in [9.17, 15) is 4.79 Å². The van der Waals surface area contributed by atoms with Gasteiger partial charge in [0, 0.05) is 20.1 Å². The van der Waals surface area contributed by atoms with Crippen molar-refractivity contribution in [3.05, 3.63) is 62.5 Å². The Labute approximate surface area is 150 Å². The first-order chi connectivity index (χ1) is 11.0. The third-order valence-electron chi connectivity index (χ3n) is 2.69. The number of ketones is 1. The van der Waals surface area contributed by atoms with Crippen molar-refractivity contribution in [2.45, 2.75) is 0 Å². The van der Waals surface area contributed by atoms with Crippen molar-refractivity contribution in [1.82, 2.24) is 0 Å². The Morgan fingerprint density at radius 1 is 1.13 bits per heavy atom. The first-order valence-corrected chi connectivity index (χ1v) is 7.82. The van der Waals surface area contributed by atoms with Crippen molar-refractivity contribution in [2.75, 3.05) is 5.43 Å². The zero-order chi connectivity index (χ0) is 16.8. The molecule has 0 aromatic heterocycles. The molecule has 5 nitrogen and oxygen atoms in total. The van der Waals surface area contributed by atoms with E-state index in [-0.39, 0.29) is 5.71 Å². The predicted molar refractivity (Wildman–Crippen MR) is 96.3 cm³/mol. The van der Waals surface area contributed by atoms with Gasteiger partial charge in [-0.2, -0.15) is 5.10 Å². The predicted octanol–water partition coefficient (Wildman–Crippen LogP) is 4.87. The number of benzene rings is 2. The Balaban J connectivity index is 2.26. The number of halogens is 3. The maximum atomic E-state index is 12.4. The van der Waals surface area contributed by atoms with Gasteiger partial charge in [0.2, 0.25) is 5.78 Å². The van der Waals surface area contributed by atoms with Crippen LogP contribution in [0, 0.1) is 0 Å². The van der Waals surface area contributed by atoms with Crippen molar-refractivity contribution in [3.8, 4) is 0 Å². The van der Waals surface area contributed by atoms with Crippen molar-refractivity contribution in [2.24, 2.45) is 10.3 Å². The van der Waals surface area contributed by atoms with Crippen LogP contribution in [0.3, 0.4) is 0 Å². The lowest BCUT2D eigenvalue weighted by molar-refractivity contribution is 0.106. The second-order valence-electron chi connectivity index (χ2n) is 4.35. The van der Waals surface area contributed by atoms with Gasteiger partial charge in [0.25, 0.3) is 0 Å². The Bertz CT molecular complexity index is 757.